The van der Waals surface area contributed by atoms with Crippen molar-refractivity contribution in [2.75, 3.05) is 11.6 Å². The molecule has 1 amide bonds. The van der Waals surface area contributed by atoms with Crippen LogP contribution in [0.25, 0.3) is 0 Å². The van der Waals surface area contributed by atoms with Gasteiger partial charge in [0.1, 0.15) is 11.5 Å². The lowest BCUT2D eigenvalue weighted by Gasteiger charge is -2.12. The fourth-order valence-electron chi connectivity index (χ4n) is 4.80. The van der Waals surface area contributed by atoms with E-state index in [-0.39, 0.29) is 11.7 Å². The van der Waals surface area contributed by atoms with Crippen molar-refractivity contribution in [2.24, 2.45) is 11.0 Å². The van der Waals surface area contributed by atoms with Crippen molar-refractivity contribution in [1.29, 1.82) is 0 Å². The number of anilines is 1. The molecule has 7 heteroatoms. The Kier molecular flexibility index (Phi) is 11.8. The van der Waals surface area contributed by atoms with Crippen molar-refractivity contribution >= 4 is 29.1 Å². The molecule has 7 nitrogen and oxygen atoms in total. The molecule has 1 heterocycles. The van der Waals surface area contributed by atoms with Crippen LogP contribution in [-0.4, -0.2) is 30.0 Å². The lowest BCUT2D eigenvalue weighted by molar-refractivity contribution is -0.118. The lowest BCUT2D eigenvalue weighted by Crippen LogP contribution is -2.25. The van der Waals surface area contributed by atoms with Crippen LogP contribution < -0.4 is 14.5 Å². The molecule has 4 rings (SSSR count). The number of benzene rings is 3. The van der Waals surface area contributed by atoms with Crippen molar-refractivity contribution in [1.82, 2.24) is 0 Å². The summed E-state index contributed by atoms with van der Waals surface area (Å²) in [5.74, 6) is -0.522. The molecule has 43 heavy (non-hydrogen) atoms. The Labute approximate surface area is 254 Å². The summed E-state index contributed by atoms with van der Waals surface area (Å²) in [7, 11) is 0. The summed E-state index contributed by atoms with van der Waals surface area (Å²) in [5.41, 5.74) is 2.11. The van der Waals surface area contributed by atoms with Crippen molar-refractivity contribution in [3.63, 3.8) is 0 Å². The van der Waals surface area contributed by atoms with Gasteiger partial charge in [0.15, 0.2) is 5.78 Å². The summed E-state index contributed by atoms with van der Waals surface area (Å²) < 4.78 is 11.3. The Balaban J connectivity index is 1.21. The number of carbonyl (C=O) groups excluding carboxylic acids is 3. The van der Waals surface area contributed by atoms with Crippen molar-refractivity contribution in [3.8, 4) is 11.5 Å². The highest BCUT2D eigenvalue weighted by molar-refractivity contribution is 6.17. The molecule has 0 aromatic heterocycles. The van der Waals surface area contributed by atoms with Gasteiger partial charge in [-0.05, 0) is 80.1 Å². The van der Waals surface area contributed by atoms with Crippen molar-refractivity contribution in [2.45, 2.75) is 65.2 Å². The minimum atomic E-state index is -0.605. The van der Waals surface area contributed by atoms with Crippen LogP contribution in [0.4, 0.5) is 5.69 Å². The molecule has 3 aromatic rings. The number of rotatable bonds is 16. The second kappa shape index (κ2) is 16.2. The molecule has 1 aliphatic rings. The fraction of sp³-hybridized carbons (Fsp3) is 0.333. The zero-order valence-corrected chi connectivity index (χ0v) is 25.0. The number of amides is 1. The zero-order chi connectivity index (χ0) is 30.4. The monoisotopic (exact) mass is 580 g/mol. The highest BCUT2D eigenvalue weighted by atomic mass is 16.5. The van der Waals surface area contributed by atoms with Gasteiger partial charge in [-0.15, -0.1) is 0 Å². The quantitative estimate of drug-likeness (QED) is 0.0560. The number of hydrogen-bond acceptors (Lipinski definition) is 6. The Hall–Kier alpha value is -4.52. The smallest absolute Gasteiger partial charge is 0.343 e. The summed E-state index contributed by atoms with van der Waals surface area (Å²) in [6.07, 6.45) is 12.9. The second-order valence-corrected chi connectivity index (χ2v) is 10.7. The molecular formula is C36H40N2O5. The first-order chi connectivity index (χ1) is 21.0. The SMILES string of the molecule is CCCCCCCCCCOc1ccc(C(=O)Oc2ccc(C(=O)/C=C/C3C(=O)N(c4ccccc4)N=C3C)cc2)cc1. The van der Waals surface area contributed by atoms with E-state index in [0.29, 0.717) is 34.9 Å². The van der Waals surface area contributed by atoms with E-state index in [9.17, 15) is 14.4 Å². The van der Waals surface area contributed by atoms with Crippen molar-refractivity contribution in [3.05, 3.63) is 102 Å². The molecule has 0 bridgehead atoms. The average Bonchev–Trinajstić information content (AvgIpc) is 3.32. The van der Waals surface area contributed by atoms with Crippen LogP contribution in [0.15, 0.2) is 96.1 Å². The molecule has 0 aliphatic carbocycles. The maximum atomic E-state index is 12.9. The number of para-hydroxylation sites is 1. The summed E-state index contributed by atoms with van der Waals surface area (Å²) in [6.45, 7) is 4.66. The van der Waals surface area contributed by atoms with E-state index in [1.54, 1.807) is 61.5 Å². The van der Waals surface area contributed by atoms with E-state index in [1.807, 2.05) is 30.3 Å². The molecule has 1 aliphatic heterocycles. The first-order valence-corrected chi connectivity index (χ1v) is 15.2. The van der Waals surface area contributed by atoms with Gasteiger partial charge in [0.05, 0.1) is 29.5 Å². The average molecular weight is 581 g/mol. The highest BCUT2D eigenvalue weighted by Crippen LogP contribution is 2.25. The topological polar surface area (TPSA) is 85.3 Å². The van der Waals surface area contributed by atoms with E-state index < -0.39 is 11.9 Å². The minimum absolute atomic E-state index is 0.210. The summed E-state index contributed by atoms with van der Waals surface area (Å²) in [6, 6.07) is 22.4. The summed E-state index contributed by atoms with van der Waals surface area (Å²) in [5, 5.41) is 5.71. The van der Waals surface area contributed by atoms with Gasteiger partial charge in [-0.2, -0.15) is 10.1 Å². The molecular weight excluding hydrogens is 540 g/mol. The van der Waals surface area contributed by atoms with E-state index in [4.69, 9.17) is 9.47 Å². The third kappa shape index (κ3) is 9.23. The summed E-state index contributed by atoms with van der Waals surface area (Å²) in [4.78, 5) is 38.2. The van der Waals surface area contributed by atoms with Crippen LogP contribution in [0.5, 0.6) is 11.5 Å². The van der Waals surface area contributed by atoms with Crippen LogP contribution in [0.2, 0.25) is 0 Å². The third-order valence-electron chi connectivity index (χ3n) is 7.33. The molecule has 0 spiro atoms. The Morgan fingerprint density at radius 2 is 1.40 bits per heavy atom. The maximum Gasteiger partial charge on any atom is 0.343 e. The Morgan fingerprint density at radius 3 is 2.07 bits per heavy atom. The largest absolute Gasteiger partial charge is 0.494 e. The van der Waals surface area contributed by atoms with Gasteiger partial charge in [0, 0.05) is 5.56 Å². The molecule has 0 saturated carbocycles. The van der Waals surface area contributed by atoms with Gasteiger partial charge >= 0.3 is 5.97 Å². The highest BCUT2D eigenvalue weighted by Gasteiger charge is 2.32. The minimum Gasteiger partial charge on any atom is -0.494 e. The normalized spacial score (nSPS) is 14.7. The number of hydrazone groups is 1. The van der Waals surface area contributed by atoms with E-state index in [2.05, 4.69) is 12.0 Å². The standard InChI is InChI=1S/C36H40N2O5/c1-3-4-5-6-7-8-9-13-26-42-31-20-18-29(19-21-31)36(41)43-32-22-16-28(17-23-32)34(39)25-24-33-27(2)37-38(35(33)40)30-14-11-10-12-15-30/h10-12,14-25,33H,3-9,13,26H2,1-2H3/b25-24+. The number of nitrogens with zero attached hydrogens (tertiary/aromatic N) is 2. The number of esters is 1. The van der Waals surface area contributed by atoms with Gasteiger partial charge in [-0.25, -0.2) is 4.79 Å². The Bertz CT molecular complexity index is 1410. The molecule has 0 N–H and O–H groups in total. The van der Waals surface area contributed by atoms with Crippen LogP contribution in [0.1, 0.15) is 85.9 Å². The van der Waals surface area contributed by atoms with Gasteiger partial charge in [-0.3, -0.25) is 9.59 Å². The van der Waals surface area contributed by atoms with Crippen LogP contribution >= 0.6 is 0 Å². The first kappa shape index (κ1) is 31.4. The van der Waals surface area contributed by atoms with Crippen molar-refractivity contribution < 1.29 is 23.9 Å². The number of carbonyl (C=O) groups is 3. The van der Waals surface area contributed by atoms with Gasteiger partial charge in [0.25, 0.3) is 5.91 Å². The molecule has 1 unspecified atom stereocenters. The van der Waals surface area contributed by atoms with Gasteiger partial charge in [-0.1, -0.05) is 76.1 Å². The molecule has 3 aromatic carbocycles. The Morgan fingerprint density at radius 1 is 0.791 bits per heavy atom. The van der Waals surface area contributed by atoms with Gasteiger partial charge in [0.2, 0.25) is 0 Å². The van der Waals surface area contributed by atoms with E-state index in [1.165, 1.54) is 56.0 Å². The number of unbranched alkanes of at least 4 members (excludes halogenated alkanes) is 7. The number of allylic oxidation sites excluding steroid dienone is 1. The summed E-state index contributed by atoms with van der Waals surface area (Å²) >= 11 is 0. The number of ether oxygens (including phenoxy) is 2. The predicted octanol–water partition coefficient (Wildman–Crippen LogP) is 8.20. The molecule has 0 saturated heterocycles. The van der Waals surface area contributed by atoms with E-state index >= 15 is 0 Å². The molecule has 0 radical (unpaired) electrons. The first-order valence-electron chi connectivity index (χ1n) is 15.2. The molecule has 0 fully saturated rings. The number of hydrogen-bond donors (Lipinski definition) is 0. The second-order valence-electron chi connectivity index (χ2n) is 10.7. The van der Waals surface area contributed by atoms with Crippen LogP contribution in [-0.2, 0) is 4.79 Å². The fourth-order valence-corrected chi connectivity index (χ4v) is 4.80. The van der Waals surface area contributed by atoms with E-state index in [0.717, 1.165) is 12.2 Å². The van der Waals surface area contributed by atoms with Crippen LogP contribution in [0.3, 0.4) is 0 Å². The lowest BCUT2D eigenvalue weighted by atomic mass is 10.0. The number of ketones is 1. The molecule has 1 atom stereocenters. The maximum absolute atomic E-state index is 12.9. The predicted molar refractivity (Wildman–Crippen MR) is 170 cm³/mol. The third-order valence-corrected chi connectivity index (χ3v) is 7.33. The molecule has 224 valence electrons. The van der Waals surface area contributed by atoms with Crippen LogP contribution in [0, 0.1) is 5.92 Å². The zero-order valence-electron chi connectivity index (χ0n) is 25.0. The van der Waals surface area contributed by atoms with Gasteiger partial charge < -0.3 is 9.47 Å².